The maximum atomic E-state index is 6.38. The van der Waals surface area contributed by atoms with Crippen molar-refractivity contribution in [3.63, 3.8) is 0 Å². The Bertz CT molecular complexity index is 1310. The molecule has 1 N–H and O–H groups in total. The van der Waals surface area contributed by atoms with Crippen LogP contribution < -0.4 is 14.8 Å². The molecule has 1 unspecified atom stereocenters. The van der Waals surface area contributed by atoms with E-state index >= 15 is 0 Å². The van der Waals surface area contributed by atoms with Gasteiger partial charge in [-0.25, -0.2) is 0 Å². The van der Waals surface area contributed by atoms with E-state index in [-0.39, 0.29) is 0 Å². The first-order valence-electron chi connectivity index (χ1n) is 10.1. The molecule has 1 aliphatic heterocycles. The number of hydrogen-bond donors (Lipinski definition) is 1. The quantitative estimate of drug-likeness (QED) is 0.280. The van der Waals surface area contributed by atoms with Crippen LogP contribution in [0.2, 0.25) is 5.02 Å². The van der Waals surface area contributed by atoms with Crippen molar-refractivity contribution in [3.8, 4) is 22.9 Å². The first kappa shape index (κ1) is 22.0. The number of nitrogens with one attached hydrogen (secondary N) is 1. The number of fused-ring (bicyclic) bond motifs is 3. The Kier molecular flexibility index (Phi) is 6.39. The van der Waals surface area contributed by atoms with Crippen molar-refractivity contribution in [1.82, 2.24) is 15.2 Å². The topological polar surface area (TPSA) is 69.2 Å². The summed E-state index contributed by atoms with van der Waals surface area (Å²) in [5, 5.41) is 13.2. The van der Waals surface area contributed by atoms with Crippen molar-refractivity contribution in [2.75, 3.05) is 11.6 Å². The molecule has 0 aliphatic carbocycles. The number of nitrogens with zero attached hydrogens (tertiary/aromatic N) is 3. The van der Waals surface area contributed by atoms with Crippen LogP contribution in [0.3, 0.4) is 0 Å². The van der Waals surface area contributed by atoms with E-state index in [9.17, 15) is 0 Å². The van der Waals surface area contributed by atoms with E-state index in [0.29, 0.717) is 34.1 Å². The van der Waals surface area contributed by atoms with Crippen molar-refractivity contribution in [1.29, 1.82) is 0 Å². The van der Waals surface area contributed by atoms with Crippen molar-refractivity contribution in [2.24, 2.45) is 0 Å². The van der Waals surface area contributed by atoms with E-state index in [4.69, 9.17) is 21.1 Å². The summed E-state index contributed by atoms with van der Waals surface area (Å²) in [5.41, 5.74) is 4.06. The average Bonchev–Trinajstić information content (AvgIpc) is 3.00. The molecule has 0 radical (unpaired) electrons. The lowest BCUT2D eigenvalue weighted by Crippen LogP contribution is -2.18. The number of hydrogen-bond acceptors (Lipinski definition) is 7. The van der Waals surface area contributed by atoms with Gasteiger partial charge >= 0.3 is 0 Å². The molecule has 1 atom stereocenters. The van der Waals surface area contributed by atoms with Crippen LogP contribution >= 0.6 is 39.3 Å². The Morgan fingerprint density at radius 1 is 1.09 bits per heavy atom. The van der Waals surface area contributed by atoms with Gasteiger partial charge in [-0.1, -0.05) is 69.6 Å². The number of rotatable bonds is 5. The number of aromatic nitrogens is 3. The lowest BCUT2D eigenvalue weighted by molar-refractivity contribution is 0.214. The molecular formula is C24H18BrClN4O2S. The molecule has 0 fully saturated rings. The summed E-state index contributed by atoms with van der Waals surface area (Å²) in [6.07, 6.45) is 1.29. The van der Waals surface area contributed by atoms with Gasteiger partial charge in [0.25, 0.3) is 0 Å². The van der Waals surface area contributed by atoms with Crippen molar-refractivity contribution in [2.45, 2.75) is 18.0 Å². The first-order valence-corrected chi connectivity index (χ1v) is 12.5. The lowest BCUT2D eigenvalue weighted by atomic mass is 10.1. The summed E-state index contributed by atoms with van der Waals surface area (Å²) in [6.45, 7) is 0.419. The number of halogens is 2. The Morgan fingerprint density at radius 3 is 2.76 bits per heavy atom. The Morgan fingerprint density at radius 2 is 1.94 bits per heavy atom. The molecule has 3 aromatic carbocycles. The number of benzene rings is 3. The number of anilines is 1. The van der Waals surface area contributed by atoms with E-state index in [2.05, 4.69) is 36.4 Å². The highest BCUT2D eigenvalue weighted by Crippen LogP contribution is 2.42. The van der Waals surface area contributed by atoms with Crippen LogP contribution in [0.4, 0.5) is 5.69 Å². The van der Waals surface area contributed by atoms with Crippen LogP contribution in [0.1, 0.15) is 17.4 Å². The molecule has 4 aromatic rings. The van der Waals surface area contributed by atoms with Gasteiger partial charge in [0.1, 0.15) is 12.4 Å². The average molecular weight is 542 g/mol. The second-order valence-corrected chi connectivity index (χ2v) is 9.37. The molecule has 5 rings (SSSR count). The van der Waals surface area contributed by atoms with Gasteiger partial charge in [0.15, 0.2) is 5.69 Å². The fraction of sp³-hybridized carbons (Fsp3) is 0.125. The van der Waals surface area contributed by atoms with Crippen LogP contribution in [-0.4, -0.2) is 21.4 Å². The summed E-state index contributed by atoms with van der Waals surface area (Å²) in [5.74, 6) is 1.05. The van der Waals surface area contributed by atoms with Gasteiger partial charge in [-0.05, 0) is 48.2 Å². The van der Waals surface area contributed by atoms with E-state index < -0.39 is 6.23 Å². The molecule has 1 aromatic heterocycles. The minimum absolute atomic E-state index is 0.387. The normalized spacial score (nSPS) is 14.3. The van der Waals surface area contributed by atoms with Gasteiger partial charge in [-0.15, -0.1) is 10.2 Å². The SMILES string of the molecule is CSc1nnc2c(n1)OC(c1cc(Cl)ccc1OCc1ccccc1)Nc1ccc(Br)cc1-2. The molecule has 1 aliphatic rings. The second-order valence-electron chi connectivity index (χ2n) is 7.24. The zero-order valence-corrected chi connectivity index (χ0v) is 20.6. The van der Waals surface area contributed by atoms with E-state index in [1.807, 2.05) is 66.9 Å². The van der Waals surface area contributed by atoms with Crippen LogP contribution in [0.25, 0.3) is 11.3 Å². The minimum atomic E-state index is -0.609. The molecule has 0 amide bonds. The molecule has 0 saturated carbocycles. The molecule has 0 saturated heterocycles. The summed E-state index contributed by atoms with van der Waals surface area (Å²) in [6, 6.07) is 21.4. The minimum Gasteiger partial charge on any atom is -0.488 e. The van der Waals surface area contributed by atoms with E-state index in [0.717, 1.165) is 26.9 Å². The molecule has 33 heavy (non-hydrogen) atoms. The van der Waals surface area contributed by atoms with Gasteiger partial charge in [-0.2, -0.15) is 4.98 Å². The van der Waals surface area contributed by atoms with E-state index in [1.165, 1.54) is 11.8 Å². The second kappa shape index (κ2) is 9.59. The number of thioether (sulfide) groups is 1. The number of ether oxygens (including phenoxy) is 2. The standard InChI is InChI=1S/C24H18BrClN4O2S/c1-33-24-28-23-21(29-30-24)17-11-15(25)7-9-19(17)27-22(32-23)18-12-16(26)8-10-20(18)31-13-14-5-3-2-4-6-14/h2-12,22,27H,13H2,1H3. The Labute approximate surface area is 208 Å². The van der Waals surface area contributed by atoms with Crippen molar-refractivity contribution >= 4 is 45.0 Å². The maximum Gasteiger partial charge on any atom is 0.247 e. The molecule has 2 heterocycles. The van der Waals surface area contributed by atoms with Crippen LogP contribution in [0, 0.1) is 0 Å². The fourth-order valence-corrected chi connectivity index (χ4v) is 4.33. The molecule has 0 bridgehead atoms. The highest BCUT2D eigenvalue weighted by atomic mass is 79.9. The molecule has 6 nitrogen and oxygen atoms in total. The van der Waals surface area contributed by atoms with Gasteiger partial charge in [-0.3, -0.25) is 0 Å². The monoisotopic (exact) mass is 540 g/mol. The molecule has 0 spiro atoms. The van der Waals surface area contributed by atoms with Gasteiger partial charge < -0.3 is 14.8 Å². The lowest BCUT2D eigenvalue weighted by Gasteiger charge is -2.22. The Hall–Kier alpha value is -2.81. The Balaban J connectivity index is 1.56. The smallest absolute Gasteiger partial charge is 0.247 e. The molecular weight excluding hydrogens is 524 g/mol. The first-order chi connectivity index (χ1) is 16.1. The van der Waals surface area contributed by atoms with Crippen molar-refractivity contribution in [3.05, 3.63) is 87.4 Å². The summed E-state index contributed by atoms with van der Waals surface area (Å²) >= 11 is 11.3. The predicted octanol–water partition coefficient (Wildman–Crippen LogP) is 6.76. The van der Waals surface area contributed by atoms with Crippen LogP contribution in [0.15, 0.2) is 76.4 Å². The summed E-state index contributed by atoms with van der Waals surface area (Å²) in [7, 11) is 0. The highest BCUT2D eigenvalue weighted by Gasteiger charge is 2.28. The van der Waals surface area contributed by atoms with E-state index in [1.54, 1.807) is 6.07 Å². The zero-order valence-electron chi connectivity index (χ0n) is 17.5. The van der Waals surface area contributed by atoms with Crippen molar-refractivity contribution < 1.29 is 9.47 Å². The fourth-order valence-electron chi connectivity index (χ4n) is 3.49. The summed E-state index contributed by atoms with van der Waals surface area (Å²) < 4.78 is 13.5. The molecule has 166 valence electrons. The third-order valence-corrected chi connectivity index (χ3v) is 6.33. The van der Waals surface area contributed by atoms with Crippen LogP contribution in [0.5, 0.6) is 11.6 Å². The van der Waals surface area contributed by atoms with Crippen LogP contribution in [-0.2, 0) is 6.61 Å². The van der Waals surface area contributed by atoms with Gasteiger partial charge in [0.05, 0.1) is 5.56 Å². The van der Waals surface area contributed by atoms with Gasteiger partial charge in [0.2, 0.25) is 17.3 Å². The maximum absolute atomic E-state index is 6.38. The predicted molar refractivity (Wildman–Crippen MR) is 134 cm³/mol. The molecule has 9 heteroatoms. The third-order valence-electron chi connectivity index (χ3n) is 5.06. The zero-order chi connectivity index (χ0) is 22.8. The third kappa shape index (κ3) is 4.78. The highest BCUT2D eigenvalue weighted by molar-refractivity contribution is 9.10. The van der Waals surface area contributed by atoms with Gasteiger partial charge in [0, 0.05) is 20.7 Å². The largest absolute Gasteiger partial charge is 0.488 e. The summed E-state index contributed by atoms with van der Waals surface area (Å²) in [4.78, 5) is 4.58.